The molecule has 0 unspecified atom stereocenters. The molecule has 0 saturated carbocycles. The average Bonchev–Trinajstić information content (AvgIpc) is 3.34. The van der Waals surface area contributed by atoms with Gasteiger partial charge in [-0.2, -0.15) is 0 Å². The van der Waals surface area contributed by atoms with Crippen LogP contribution in [0, 0.1) is 0 Å². The van der Waals surface area contributed by atoms with Gasteiger partial charge in [-0.05, 0) is 36.7 Å². The average molecular weight is 440 g/mol. The van der Waals surface area contributed by atoms with E-state index in [9.17, 15) is 4.79 Å². The van der Waals surface area contributed by atoms with Gasteiger partial charge in [0.1, 0.15) is 11.3 Å². The lowest BCUT2D eigenvalue weighted by Gasteiger charge is -2.24. The molecule has 3 aromatic rings. The van der Waals surface area contributed by atoms with Crippen LogP contribution >= 0.6 is 35.1 Å². The van der Waals surface area contributed by atoms with Gasteiger partial charge in [0.15, 0.2) is 5.13 Å². The summed E-state index contributed by atoms with van der Waals surface area (Å²) in [6.45, 7) is 7.69. The molecule has 1 aromatic carbocycles. The summed E-state index contributed by atoms with van der Waals surface area (Å²) in [5, 5.41) is 2.74. The number of thiazole rings is 1. The molecule has 0 aliphatic rings. The van der Waals surface area contributed by atoms with Gasteiger partial charge in [0.2, 0.25) is 5.91 Å². The highest BCUT2D eigenvalue weighted by Gasteiger charge is 2.22. The molecule has 2 heterocycles. The molecule has 0 spiro atoms. The second-order valence-electron chi connectivity index (χ2n) is 6.13. The number of likely N-dealkylation sites (N-methyl/N-ethyl adjacent to an activating group) is 1. The van der Waals surface area contributed by atoms with E-state index in [0.717, 1.165) is 45.6 Å². The minimum Gasteiger partial charge on any atom is -0.494 e. The Kier molecular flexibility index (Phi) is 8.69. The maximum atomic E-state index is 13.1. The highest BCUT2D eigenvalue weighted by Crippen LogP contribution is 2.34. The molecule has 0 aliphatic carbocycles. The summed E-state index contributed by atoms with van der Waals surface area (Å²) in [6.07, 6.45) is 0.406. The zero-order valence-corrected chi connectivity index (χ0v) is 18.8. The topological polar surface area (TPSA) is 45.7 Å². The van der Waals surface area contributed by atoms with Crippen molar-refractivity contribution in [1.82, 2.24) is 9.88 Å². The maximum absolute atomic E-state index is 13.1. The Balaban J connectivity index is 0.00000280. The second-order valence-corrected chi connectivity index (χ2v) is 8.17. The Labute approximate surface area is 180 Å². The van der Waals surface area contributed by atoms with E-state index in [1.54, 1.807) is 29.8 Å². The number of rotatable bonds is 9. The normalized spacial score (nSPS) is 10.9. The van der Waals surface area contributed by atoms with E-state index in [1.165, 1.54) is 0 Å². The molecule has 28 heavy (non-hydrogen) atoms. The predicted octanol–water partition coefficient (Wildman–Crippen LogP) is 4.71. The Morgan fingerprint density at radius 1 is 1.14 bits per heavy atom. The first-order valence-electron chi connectivity index (χ1n) is 9.14. The summed E-state index contributed by atoms with van der Waals surface area (Å²) >= 11 is 3.16. The molecule has 0 fully saturated rings. The molecule has 5 nitrogen and oxygen atoms in total. The van der Waals surface area contributed by atoms with Crippen molar-refractivity contribution in [2.24, 2.45) is 0 Å². The molecule has 0 saturated heterocycles. The SMILES string of the molecule is CCN(CC)CCN(C(=O)Cc1cccs1)c1nc2c(OC)cccc2s1.Cl. The van der Waals surface area contributed by atoms with Gasteiger partial charge in [0.05, 0.1) is 18.2 Å². The van der Waals surface area contributed by atoms with Gasteiger partial charge >= 0.3 is 0 Å². The summed E-state index contributed by atoms with van der Waals surface area (Å²) in [6, 6.07) is 9.87. The minimum absolute atomic E-state index is 0. The van der Waals surface area contributed by atoms with Gasteiger partial charge in [-0.15, -0.1) is 23.7 Å². The number of hydrogen-bond donors (Lipinski definition) is 0. The van der Waals surface area contributed by atoms with Gasteiger partial charge in [-0.3, -0.25) is 9.69 Å². The number of nitrogens with zero attached hydrogens (tertiary/aromatic N) is 3. The lowest BCUT2D eigenvalue weighted by Crippen LogP contribution is -2.39. The number of fused-ring (bicyclic) bond motifs is 1. The molecule has 2 aromatic heterocycles. The van der Waals surface area contributed by atoms with Crippen LogP contribution in [0.25, 0.3) is 10.2 Å². The number of halogens is 1. The van der Waals surface area contributed by atoms with Crippen molar-refractivity contribution < 1.29 is 9.53 Å². The van der Waals surface area contributed by atoms with Crippen LogP contribution < -0.4 is 9.64 Å². The third-order valence-electron chi connectivity index (χ3n) is 4.56. The molecule has 0 bridgehead atoms. The monoisotopic (exact) mass is 439 g/mol. The number of hydrogen-bond acceptors (Lipinski definition) is 6. The van der Waals surface area contributed by atoms with Gasteiger partial charge in [-0.25, -0.2) is 4.98 Å². The number of thiophene rings is 1. The highest BCUT2D eigenvalue weighted by molar-refractivity contribution is 7.22. The van der Waals surface area contributed by atoms with E-state index in [1.807, 2.05) is 40.6 Å². The first-order valence-corrected chi connectivity index (χ1v) is 10.8. The Bertz CT molecular complexity index is 879. The number of ether oxygens (including phenoxy) is 1. The third-order valence-corrected chi connectivity index (χ3v) is 6.48. The molecule has 0 atom stereocenters. The zero-order valence-electron chi connectivity index (χ0n) is 16.4. The summed E-state index contributed by atoms with van der Waals surface area (Å²) in [5.74, 6) is 0.826. The van der Waals surface area contributed by atoms with Crippen LogP contribution in [-0.2, 0) is 11.2 Å². The van der Waals surface area contributed by atoms with E-state index < -0.39 is 0 Å². The van der Waals surface area contributed by atoms with Gasteiger partial charge in [0.25, 0.3) is 0 Å². The van der Waals surface area contributed by atoms with Crippen LogP contribution in [0.15, 0.2) is 35.7 Å². The first kappa shape index (κ1) is 22.6. The van der Waals surface area contributed by atoms with Gasteiger partial charge in [0, 0.05) is 18.0 Å². The number of methoxy groups -OCH3 is 1. The maximum Gasteiger partial charge on any atom is 0.234 e. The highest BCUT2D eigenvalue weighted by atomic mass is 35.5. The Morgan fingerprint density at radius 3 is 2.57 bits per heavy atom. The second kappa shape index (κ2) is 10.8. The standard InChI is InChI=1S/C20H25N3O2S2.ClH/c1-4-22(5-2)11-12-23(18(24)14-15-8-7-13-26-15)20-21-19-16(25-3)9-6-10-17(19)27-20;/h6-10,13H,4-5,11-12,14H2,1-3H3;1H. The molecule has 0 N–H and O–H groups in total. The summed E-state index contributed by atoms with van der Waals surface area (Å²) in [5.41, 5.74) is 0.816. The van der Waals surface area contributed by atoms with E-state index in [-0.39, 0.29) is 18.3 Å². The van der Waals surface area contributed by atoms with Crippen LogP contribution in [0.5, 0.6) is 5.75 Å². The minimum atomic E-state index is 0. The van der Waals surface area contributed by atoms with Crippen molar-refractivity contribution in [3.8, 4) is 5.75 Å². The largest absolute Gasteiger partial charge is 0.494 e. The van der Waals surface area contributed by atoms with Crippen molar-refractivity contribution in [2.75, 3.05) is 38.2 Å². The van der Waals surface area contributed by atoms with Crippen molar-refractivity contribution in [2.45, 2.75) is 20.3 Å². The molecule has 0 aliphatic heterocycles. The number of amides is 1. The number of para-hydroxylation sites is 1. The van der Waals surface area contributed by atoms with E-state index in [4.69, 9.17) is 9.72 Å². The predicted molar refractivity (Wildman–Crippen MR) is 122 cm³/mol. The number of anilines is 1. The van der Waals surface area contributed by atoms with Crippen LogP contribution in [0.2, 0.25) is 0 Å². The molecular weight excluding hydrogens is 414 g/mol. The molecular formula is C20H26ClN3O2S2. The van der Waals surface area contributed by atoms with Crippen molar-refractivity contribution in [3.63, 3.8) is 0 Å². The molecule has 0 radical (unpaired) electrons. The van der Waals surface area contributed by atoms with Crippen LogP contribution in [0.4, 0.5) is 5.13 Å². The number of carbonyl (C=O) groups excluding carboxylic acids is 1. The van der Waals surface area contributed by atoms with Crippen LogP contribution in [-0.4, -0.2) is 49.1 Å². The van der Waals surface area contributed by atoms with E-state index >= 15 is 0 Å². The number of aromatic nitrogens is 1. The molecule has 152 valence electrons. The molecule has 3 rings (SSSR count). The van der Waals surface area contributed by atoms with E-state index in [0.29, 0.717) is 13.0 Å². The smallest absolute Gasteiger partial charge is 0.234 e. The third kappa shape index (κ3) is 5.23. The van der Waals surface area contributed by atoms with Crippen LogP contribution in [0.1, 0.15) is 18.7 Å². The van der Waals surface area contributed by atoms with Gasteiger partial charge < -0.3 is 9.64 Å². The summed E-state index contributed by atoms with van der Waals surface area (Å²) in [4.78, 5) is 23.1. The van der Waals surface area contributed by atoms with Crippen molar-refractivity contribution in [1.29, 1.82) is 0 Å². The number of benzene rings is 1. The number of carbonyl (C=O) groups is 1. The fourth-order valence-corrected chi connectivity index (χ4v) is 4.68. The lowest BCUT2D eigenvalue weighted by molar-refractivity contribution is -0.118. The Morgan fingerprint density at radius 2 is 1.93 bits per heavy atom. The van der Waals surface area contributed by atoms with Crippen molar-refractivity contribution >= 4 is 56.3 Å². The zero-order chi connectivity index (χ0) is 19.2. The summed E-state index contributed by atoms with van der Waals surface area (Å²) in [7, 11) is 1.65. The quantitative estimate of drug-likeness (QED) is 0.484. The van der Waals surface area contributed by atoms with Crippen molar-refractivity contribution in [3.05, 3.63) is 40.6 Å². The fourth-order valence-electron chi connectivity index (χ4n) is 2.96. The van der Waals surface area contributed by atoms with Gasteiger partial charge in [-0.1, -0.05) is 37.3 Å². The summed E-state index contributed by atoms with van der Waals surface area (Å²) < 4.78 is 6.46. The van der Waals surface area contributed by atoms with Crippen LogP contribution in [0.3, 0.4) is 0 Å². The molecule has 8 heteroatoms. The fraction of sp³-hybridized carbons (Fsp3) is 0.400. The lowest BCUT2D eigenvalue weighted by atomic mass is 10.3. The Hall–Kier alpha value is -1.67. The molecule has 1 amide bonds. The first-order chi connectivity index (χ1) is 13.2. The van der Waals surface area contributed by atoms with E-state index in [2.05, 4.69) is 18.7 Å².